The number of benzene rings is 1. The SMILES string of the molecule is FC1CCNc2ccc(Cl)cc2C1. The van der Waals surface area contributed by atoms with Gasteiger partial charge in [-0.1, -0.05) is 11.6 Å². The average molecular weight is 200 g/mol. The van der Waals surface area contributed by atoms with Gasteiger partial charge in [-0.25, -0.2) is 4.39 Å². The van der Waals surface area contributed by atoms with Gasteiger partial charge in [-0.2, -0.15) is 0 Å². The maximum Gasteiger partial charge on any atom is 0.106 e. The molecule has 0 bridgehead atoms. The standard InChI is InChI=1S/C10H11ClFN/c11-8-1-2-10-7(5-8)6-9(12)3-4-13-10/h1-2,5,9,13H,3-4,6H2. The molecule has 0 saturated heterocycles. The lowest BCUT2D eigenvalue weighted by Crippen LogP contribution is -2.05. The Balaban J connectivity index is 2.35. The maximum atomic E-state index is 13.2. The minimum atomic E-state index is -0.743. The van der Waals surface area contributed by atoms with E-state index in [4.69, 9.17) is 11.6 Å². The van der Waals surface area contributed by atoms with Crippen LogP contribution in [0.25, 0.3) is 0 Å². The molecule has 0 saturated carbocycles. The number of rotatable bonds is 0. The summed E-state index contributed by atoms with van der Waals surface area (Å²) in [6.07, 6.45) is 0.307. The van der Waals surface area contributed by atoms with Crippen molar-refractivity contribution in [1.82, 2.24) is 0 Å². The van der Waals surface area contributed by atoms with Gasteiger partial charge in [-0.15, -0.1) is 0 Å². The summed E-state index contributed by atoms with van der Waals surface area (Å²) in [4.78, 5) is 0. The molecule has 1 aromatic carbocycles. The molecule has 1 atom stereocenters. The number of hydrogen-bond acceptors (Lipinski definition) is 1. The molecule has 1 unspecified atom stereocenters. The highest BCUT2D eigenvalue weighted by Gasteiger charge is 2.15. The van der Waals surface area contributed by atoms with E-state index in [-0.39, 0.29) is 0 Å². The van der Waals surface area contributed by atoms with Gasteiger partial charge in [0.25, 0.3) is 0 Å². The van der Waals surface area contributed by atoms with E-state index >= 15 is 0 Å². The molecule has 1 aromatic rings. The summed E-state index contributed by atoms with van der Waals surface area (Å²) in [7, 11) is 0. The van der Waals surface area contributed by atoms with Gasteiger partial charge < -0.3 is 5.32 Å². The van der Waals surface area contributed by atoms with Gasteiger partial charge in [-0.3, -0.25) is 0 Å². The second-order valence-corrected chi connectivity index (χ2v) is 3.75. The summed E-state index contributed by atoms with van der Waals surface area (Å²) in [5.41, 5.74) is 2.00. The fourth-order valence-electron chi connectivity index (χ4n) is 1.61. The number of anilines is 1. The molecule has 0 radical (unpaired) electrons. The van der Waals surface area contributed by atoms with E-state index in [0.29, 0.717) is 24.4 Å². The summed E-state index contributed by atoms with van der Waals surface area (Å²) < 4.78 is 13.2. The Hall–Kier alpha value is -0.760. The molecule has 2 rings (SSSR count). The van der Waals surface area contributed by atoms with Gasteiger partial charge in [-0.05, 0) is 30.2 Å². The van der Waals surface area contributed by atoms with E-state index in [9.17, 15) is 4.39 Å². The Morgan fingerprint density at radius 2 is 2.31 bits per heavy atom. The minimum Gasteiger partial charge on any atom is -0.385 e. The summed E-state index contributed by atoms with van der Waals surface area (Å²) in [5, 5.41) is 3.86. The third-order valence-corrected chi connectivity index (χ3v) is 2.52. The molecule has 70 valence electrons. The van der Waals surface area contributed by atoms with Crippen molar-refractivity contribution >= 4 is 17.3 Å². The Bertz CT molecular complexity index is 314. The van der Waals surface area contributed by atoms with Crippen molar-refractivity contribution in [3.05, 3.63) is 28.8 Å². The van der Waals surface area contributed by atoms with Crippen molar-refractivity contribution in [2.45, 2.75) is 19.0 Å². The molecule has 3 heteroatoms. The second kappa shape index (κ2) is 3.54. The first kappa shape index (κ1) is 8.82. The van der Waals surface area contributed by atoms with Gasteiger partial charge in [0.2, 0.25) is 0 Å². The van der Waals surface area contributed by atoms with E-state index in [2.05, 4.69) is 5.32 Å². The highest BCUT2D eigenvalue weighted by molar-refractivity contribution is 6.30. The predicted molar refractivity (Wildman–Crippen MR) is 53.2 cm³/mol. The van der Waals surface area contributed by atoms with Gasteiger partial charge in [0.15, 0.2) is 0 Å². The molecule has 1 N–H and O–H groups in total. The molecule has 13 heavy (non-hydrogen) atoms. The lowest BCUT2D eigenvalue weighted by molar-refractivity contribution is 0.323. The largest absolute Gasteiger partial charge is 0.385 e. The molecule has 1 nitrogen and oxygen atoms in total. The molecule has 0 aliphatic carbocycles. The van der Waals surface area contributed by atoms with Crippen LogP contribution in [-0.2, 0) is 6.42 Å². The molecule has 1 aliphatic heterocycles. The molecule has 0 fully saturated rings. The summed E-state index contributed by atoms with van der Waals surface area (Å²) in [6.45, 7) is 0.704. The van der Waals surface area contributed by atoms with Crippen LogP contribution >= 0.6 is 11.6 Å². The number of hydrogen-bond donors (Lipinski definition) is 1. The van der Waals surface area contributed by atoms with Gasteiger partial charge in [0.1, 0.15) is 6.17 Å². The Kier molecular flexibility index (Phi) is 2.40. The van der Waals surface area contributed by atoms with E-state index in [1.54, 1.807) is 0 Å². The lowest BCUT2D eigenvalue weighted by Gasteiger charge is -2.06. The van der Waals surface area contributed by atoms with Crippen molar-refractivity contribution in [2.24, 2.45) is 0 Å². The lowest BCUT2D eigenvalue weighted by atomic mass is 10.1. The first-order chi connectivity index (χ1) is 6.25. The van der Waals surface area contributed by atoms with Crippen molar-refractivity contribution in [3.8, 4) is 0 Å². The van der Waals surface area contributed by atoms with Crippen molar-refractivity contribution in [1.29, 1.82) is 0 Å². The van der Waals surface area contributed by atoms with Crippen LogP contribution in [0.5, 0.6) is 0 Å². The molecule has 1 heterocycles. The molecule has 0 spiro atoms. The first-order valence-electron chi connectivity index (χ1n) is 4.42. The third-order valence-electron chi connectivity index (χ3n) is 2.28. The van der Waals surface area contributed by atoms with Gasteiger partial charge in [0, 0.05) is 23.7 Å². The number of fused-ring (bicyclic) bond motifs is 1. The van der Waals surface area contributed by atoms with Crippen LogP contribution < -0.4 is 5.32 Å². The van der Waals surface area contributed by atoms with Crippen LogP contribution in [0.15, 0.2) is 18.2 Å². The zero-order valence-electron chi connectivity index (χ0n) is 7.19. The molecular weight excluding hydrogens is 189 g/mol. The number of nitrogens with one attached hydrogen (secondary N) is 1. The molecule has 1 aliphatic rings. The first-order valence-corrected chi connectivity index (χ1v) is 4.80. The normalized spacial score (nSPS) is 21.5. The van der Waals surface area contributed by atoms with Crippen molar-refractivity contribution in [2.75, 3.05) is 11.9 Å². The van der Waals surface area contributed by atoms with Crippen LogP contribution in [-0.4, -0.2) is 12.7 Å². The molecule has 0 amide bonds. The maximum absolute atomic E-state index is 13.2. The summed E-state index contributed by atoms with van der Waals surface area (Å²) in [6, 6.07) is 5.57. The summed E-state index contributed by atoms with van der Waals surface area (Å²) in [5.74, 6) is 0. The average Bonchev–Trinajstić information content (AvgIpc) is 2.25. The highest BCUT2D eigenvalue weighted by Crippen LogP contribution is 2.25. The number of alkyl halides is 1. The zero-order chi connectivity index (χ0) is 9.26. The Labute approximate surface area is 81.9 Å². The summed E-state index contributed by atoms with van der Waals surface area (Å²) >= 11 is 5.83. The fraction of sp³-hybridized carbons (Fsp3) is 0.400. The van der Waals surface area contributed by atoms with Gasteiger partial charge in [0.05, 0.1) is 0 Å². The van der Waals surface area contributed by atoms with Crippen LogP contribution in [0.4, 0.5) is 10.1 Å². The van der Waals surface area contributed by atoms with E-state index < -0.39 is 6.17 Å². The Morgan fingerprint density at radius 1 is 1.46 bits per heavy atom. The van der Waals surface area contributed by atoms with Crippen LogP contribution in [0.2, 0.25) is 5.02 Å². The van der Waals surface area contributed by atoms with E-state index in [0.717, 1.165) is 11.3 Å². The third kappa shape index (κ3) is 1.94. The minimum absolute atomic E-state index is 0.475. The van der Waals surface area contributed by atoms with Crippen LogP contribution in [0, 0.1) is 0 Å². The second-order valence-electron chi connectivity index (χ2n) is 3.32. The Morgan fingerprint density at radius 3 is 3.15 bits per heavy atom. The smallest absolute Gasteiger partial charge is 0.106 e. The zero-order valence-corrected chi connectivity index (χ0v) is 7.94. The monoisotopic (exact) mass is 199 g/mol. The van der Waals surface area contributed by atoms with Crippen LogP contribution in [0.1, 0.15) is 12.0 Å². The number of halogens is 2. The predicted octanol–water partition coefficient (Wildman–Crippen LogP) is 3.04. The van der Waals surface area contributed by atoms with Gasteiger partial charge >= 0.3 is 0 Å². The highest BCUT2D eigenvalue weighted by atomic mass is 35.5. The molecule has 0 aromatic heterocycles. The van der Waals surface area contributed by atoms with Crippen LogP contribution in [0.3, 0.4) is 0 Å². The fourth-order valence-corrected chi connectivity index (χ4v) is 1.80. The van der Waals surface area contributed by atoms with E-state index in [1.165, 1.54) is 0 Å². The topological polar surface area (TPSA) is 12.0 Å². The quantitative estimate of drug-likeness (QED) is 0.677. The van der Waals surface area contributed by atoms with E-state index in [1.807, 2.05) is 18.2 Å². The van der Waals surface area contributed by atoms with Crippen molar-refractivity contribution < 1.29 is 4.39 Å². The molecular formula is C10H11ClFN. The van der Waals surface area contributed by atoms with Crippen molar-refractivity contribution in [3.63, 3.8) is 0 Å².